The molecule has 0 radical (unpaired) electrons. The fraction of sp³-hybridized carbons (Fsp3) is 0.467. The number of hydrogen-bond donors (Lipinski definition) is 3. The van der Waals surface area contributed by atoms with Crippen LogP contribution in [0.25, 0.3) is 0 Å². The molecule has 0 saturated heterocycles. The third-order valence-corrected chi connectivity index (χ3v) is 4.05. The molecule has 0 spiro atoms. The standard InChI is InChI=1S/C15H20Cl2N2O3/c1-9-11(16)6-10(7-12(9)17)19-14(22)13(21)18-8-15(2,3)4-5-20/h6-7,20H,4-5,8H2,1-3H3,(H,18,21)(H,19,22). The van der Waals surface area contributed by atoms with Crippen LogP contribution in [0.4, 0.5) is 5.69 Å². The van der Waals surface area contributed by atoms with Crippen molar-refractivity contribution in [2.45, 2.75) is 27.2 Å². The Morgan fingerprint density at radius 1 is 1.18 bits per heavy atom. The van der Waals surface area contributed by atoms with Crippen LogP contribution in [-0.2, 0) is 9.59 Å². The summed E-state index contributed by atoms with van der Waals surface area (Å²) in [6.07, 6.45) is 0.526. The lowest BCUT2D eigenvalue weighted by Gasteiger charge is -2.23. The first-order valence-corrected chi connectivity index (χ1v) is 7.57. The van der Waals surface area contributed by atoms with Crippen molar-refractivity contribution < 1.29 is 14.7 Å². The Morgan fingerprint density at radius 2 is 1.73 bits per heavy atom. The molecule has 0 aliphatic carbocycles. The summed E-state index contributed by atoms with van der Waals surface area (Å²) in [7, 11) is 0. The first-order chi connectivity index (χ1) is 10.2. The molecule has 0 aliphatic rings. The smallest absolute Gasteiger partial charge is 0.313 e. The number of amides is 2. The van der Waals surface area contributed by atoms with E-state index in [4.69, 9.17) is 28.3 Å². The van der Waals surface area contributed by atoms with Gasteiger partial charge in [0.25, 0.3) is 0 Å². The second-order valence-corrected chi connectivity index (χ2v) is 6.65. The fourth-order valence-electron chi connectivity index (χ4n) is 1.70. The zero-order valence-corrected chi connectivity index (χ0v) is 14.3. The molecule has 1 aromatic rings. The quantitative estimate of drug-likeness (QED) is 0.717. The van der Waals surface area contributed by atoms with E-state index in [0.717, 1.165) is 0 Å². The predicted molar refractivity (Wildman–Crippen MR) is 88.3 cm³/mol. The summed E-state index contributed by atoms with van der Waals surface area (Å²) in [6.45, 7) is 5.85. The van der Waals surface area contributed by atoms with Gasteiger partial charge in [0.2, 0.25) is 0 Å². The summed E-state index contributed by atoms with van der Waals surface area (Å²) in [5.41, 5.74) is 0.771. The van der Waals surface area contributed by atoms with E-state index in [9.17, 15) is 9.59 Å². The minimum Gasteiger partial charge on any atom is -0.396 e. The Morgan fingerprint density at radius 3 is 2.23 bits per heavy atom. The van der Waals surface area contributed by atoms with Crippen LogP contribution in [0.1, 0.15) is 25.8 Å². The van der Waals surface area contributed by atoms with Crippen molar-refractivity contribution in [3.63, 3.8) is 0 Å². The minimum atomic E-state index is -0.796. The molecule has 0 aromatic heterocycles. The molecule has 0 atom stereocenters. The average Bonchev–Trinajstić information content (AvgIpc) is 2.42. The van der Waals surface area contributed by atoms with Crippen LogP contribution in [0.15, 0.2) is 12.1 Å². The first-order valence-electron chi connectivity index (χ1n) is 6.82. The van der Waals surface area contributed by atoms with Crippen LogP contribution in [0, 0.1) is 12.3 Å². The summed E-state index contributed by atoms with van der Waals surface area (Å²) < 4.78 is 0. The van der Waals surface area contributed by atoms with Gasteiger partial charge >= 0.3 is 11.8 Å². The summed E-state index contributed by atoms with van der Waals surface area (Å²) in [6, 6.07) is 3.06. The zero-order chi connectivity index (χ0) is 16.9. The van der Waals surface area contributed by atoms with Crippen LogP contribution in [0.2, 0.25) is 10.0 Å². The Balaban J connectivity index is 2.64. The highest BCUT2D eigenvalue weighted by molar-refractivity contribution is 6.40. The summed E-state index contributed by atoms with van der Waals surface area (Å²) in [5.74, 6) is -1.55. The molecule has 122 valence electrons. The van der Waals surface area contributed by atoms with Gasteiger partial charge in [0.05, 0.1) is 0 Å². The van der Waals surface area contributed by atoms with Gasteiger partial charge in [0.15, 0.2) is 0 Å². The molecule has 0 unspecified atom stereocenters. The average molecular weight is 347 g/mol. The number of nitrogens with one attached hydrogen (secondary N) is 2. The van der Waals surface area contributed by atoms with Crippen LogP contribution in [0.3, 0.4) is 0 Å². The molecular formula is C15H20Cl2N2O3. The van der Waals surface area contributed by atoms with E-state index in [2.05, 4.69) is 10.6 Å². The van der Waals surface area contributed by atoms with Crippen LogP contribution in [0.5, 0.6) is 0 Å². The van der Waals surface area contributed by atoms with Crippen LogP contribution < -0.4 is 10.6 Å². The highest BCUT2D eigenvalue weighted by Crippen LogP contribution is 2.28. The van der Waals surface area contributed by atoms with Crippen molar-refractivity contribution in [1.29, 1.82) is 0 Å². The second kappa shape index (κ2) is 7.81. The van der Waals surface area contributed by atoms with Crippen molar-refractivity contribution >= 4 is 40.7 Å². The molecule has 0 saturated carbocycles. The highest BCUT2D eigenvalue weighted by Gasteiger charge is 2.21. The lowest BCUT2D eigenvalue weighted by atomic mass is 9.90. The summed E-state index contributed by atoms with van der Waals surface area (Å²) in [4.78, 5) is 23.6. The van der Waals surface area contributed by atoms with Gasteiger partial charge in [-0.15, -0.1) is 0 Å². The van der Waals surface area contributed by atoms with Crippen LogP contribution in [-0.4, -0.2) is 30.1 Å². The van der Waals surface area contributed by atoms with Crippen molar-refractivity contribution in [3.05, 3.63) is 27.7 Å². The Hall–Kier alpha value is -1.30. The van der Waals surface area contributed by atoms with E-state index in [1.165, 1.54) is 12.1 Å². The van der Waals surface area contributed by atoms with Gasteiger partial charge in [-0.25, -0.2) is 0 Å². The Kier molecular flexibility index (Phi) is 6.66. The molecule has 3 N–H and O–H groups in total. The van der Waals surface area contributed by atoms with Gasteiger partial charge in [-0.1, -0.05) is 37.0 Å². The Bertz CT molecular complexity index is 551. The van der Waals surface area contributed by atoms with Crippen molar-refractivity contribution in [3.8, 4) is 0 Å². The fourth-order valence-corrected chi connectivity index (χ4v) is 2.18. The Labute approximate surface area is 140 Å². The lowest BCUT2D eigenvalue weighted by molar-refractivity contribution is -0.136. The molecule has 22 heavy (non-hydrogen) atoms. The maximum Gasteiger partial charge on any atom is 0.313 e. The molecular weight excluding hydrogens is 327 g/mol. The predicted octanol–water partition coefficient (Wildman–Crippen LogP) is 2.77. The topological polar surface area (TPSA) is 78.4 Å². The van der Waals surface area contributed by atoms with Gasteiger partial charge in [-0.05, 0) is 36.5 Å². The molecule has 2 amide bonds. The number of carbonyl (C=O) groups is 2. The SMILES string of the molecule is Cc1c(Cl)cc(NC(=O)C(=O)NCC(C)(C)CCO)cc1Cl. The zero-order valence-electron chi connectivity index (χ0n) is 12.8. The third-order valence-electron chi connectivity index (χ3n) is 3.26. The normalized spacial score (nSPS) is 11.2. The first kappa shape index (κ1) is 18.7. The minimum absolute atomic E-state index is 0.0232. The lowest BCUT2D eigenvalue weighted by Crippen LogP contribution is -2.40. The van der Waals surface area contributed by atoms with Gasteiger partial charge in [-0.2, -0.15) is 0 Å². The van der Waals surface area contributed by atoms with Gasteiger partial charge in [0, 0.05) is 28.9 Å². The monoisotopic (exact) mass is 346 g/mol. The molecule has 0 bridgehead atoms. The second-order valence-electron chi connectivity index (χ2n) is 5.84. The van der Waals surface area contributed by atoms with E-state index in [-0.39, 0.29) is 18.6 Å². The number of carbonyl (C=O) groups excluding carboxylic acids is 2. The molecule has 1 aromatic carbocycles. The number of benzene rings is 1. The van der Waals surface area contributed by atoms with Crippen molar-refractivity contribution in [2.24, 2.45) is 5.41 Å². The van der Waals surface area contributed by atoms with E-state index in [0.29, 0.717) is 27.7 Å². The number of anilines is 1. The molecule has 0 aliphatic heterocycles. The van der Waals surface area contributed by atoms with Gasteiger partial charge < -0.3 is 15.7 Å². The van der Waals surface area contributed by atoms with Crippen LogP contribution >= 0.6 is 23.2 Å². The molecule has 7 heteroatoms. The third kappa shape index (κ3) is 5.48. The number of rotatable bonds is 5. The number of hydrogen-bond acceptors (Lipinski definition) is 3. The van der Waals surface area contributed by atoms with Crippen molar-refractivity contribution in [1.82, 2.24) is 5.32 Å². The number of aliphatic hydroxyl groups is 1. The molecule has 0 heterocycles. The number of aliphatic hydroxyl groups excluding tert-OH is 1. The molecule has 5 nitrogen and oxygen atoms in total. The highest BCUT2D eigenvalue weighted by atomic mass is 35.5. The maximum atomic E-state index is 11.8. The maximum absolute atomic E-state index is 11.8. The van der Waals surface area contributed by atoms with Gasteiger partial charge in [0.1, 0.15) is 0 Å². The summed E-state index contributed by atoms with van der Waals surface area (Å²) in [5, 5.41) is 14.7. The molecule has 1 rings (SSSR count). The number of halogens is 2. The van der Waals surface area contributed by atoms with Gasteiger partial charge in [-0.3, -0.25) is 9.59 Å². The molecule has 0 fully saturated rings. The van der Waals surface area contributed by atoms with Crippen molar-refractivity contribution in [2.75, 3.05) is 18.5 Å². The van der Waals surface area contributed by atoms with E-state index in [1.54, 1.807) is 6.92 Å². The largest absolute Gasteiger partial charge is 0.396 e. The van der Waals surface area contributed by atoms with E-state index < -0.39 is 11.8 Å². The van der Waals surface area contributed by atoms with E-state index >= 15 is 0 Å². The van der Waals surface area contributed by atoms with E-state index in [1.807, 2.05) is 13.8 Å². The summed E-state index contributed by atoms with van der Waals surface area (Å²) >= 11 is 12.0.